The predicted molar refractivity (Wildman–Crippen MR) is 109 cm³/mol. The van der Waals surface area contributed by atoms with Gasteiger partial charge in [-0.2, -0.15) is 0 Å². The number of amides is 2. The van der Waals surface area contributed by atoms with Crippen LogP contribution in [0.15, 0.2) is 48.5 Å². The van der Waals surface area contributed by atoms with Crippen LogP contribution in [0.2, 0.25) is 0 Å². The van der Waals surface area contributed by atoms with Gasteiger partial charge in [-0.3, -0.25) is 14.5 Å². The molecule has 0 aromatic heterocycles. The molecule has 0 bridgehead atoms. The van der Waals surface area contributed by atoms with Gasteiger partial charge in [-0.25, -0.2) is 4.39 Å². The van der Waals surface area contributed by atoms with Crippen molar-refractivity contribution in [2.24, 2.45) is 0 Å². The molecule has 1 saturated heterocycles. The largest absolute Gasteiger partial charge is 0.493 e. The number of aryl methyl sites for hydroxylation is 1. The maximum atomic E-state index is 13.2. The molecule has 0 spiro atoms. The van der Waals surface area contributed by atoms with Crippen LogP contribution >= 0.6 is 0 Å². The molecule has 2 aromatic carbocycles. The Balaban J connectivity index is 1.35. The molecule has 1 N–H and O–H groups in total. The van der Waals surface area contributed by atoms with E-state index in [0.717, 1.165) is 11.3 Å². The van der Waals surface area contributed by atoms with Gasteiger partial charge in [-0.05, 0) is 37.3 Å². The van der Waals surface area contributed by atoms with Crippen molar-refractivity contribution in [3.05, 3.63) is 59.9 Å². The minimum Gasteiger partial charge on any atom is -0.493 e. The Morgan fingerprint density at radius 2 is 1.79 bits per heavy atom. The highest BCUT2D eigenvalue weighted by Crippen LogP contribution is 2.12. The van der Waals surface area contributed by atoms with Gasteiger partial charge in [0, 0.05) is 31.9 Å². The van der Waals surface area contributed by atoms with E-state index in [0.29, 0.717) is 44.9 Å². The number of nitrogens with zero attached hydrogens (tertiary/aromatic N) is 2. The number of nitrogens with one attached hydrogen (secondary N) is 1. The van der Waals surface area contributed by atoms with E-state index in [2.05, 4.69) is 5.32 Å². The lowest BCUT2D eigenvalue weighted by Gasteiger charge is -2.34. The SMILES string of the molecule is Cc1ccc(OCCC(=O)N2CCN(CC(=O)Nc3cccc(F)c3)CC2)cc1. The summed E-state index contributed by atoms with van der Waals surface area (Å²) in [6.45, 7) is 4.99. The third-order valence-electron chi connectivity index (χ3n) is 4.81. The molecule has 1 heterocycles. The molecule has 1 aliphatic heterocycles. The smallest absolute Gasteiger partial charge is 0.238 e. The Morgan fingerprint density at radius 1 is 1.07 bits per heavy atom. The first-order chi connectivity index (χ1) is 14.0. The standard InChI is InChI=1S/C22H26FN3O3/c1-17-5-7-20(8-6-17)29-14-9-22(28)26-12-10-25(11-13-26)16-21(27)24-19-4-2-3-18(23)15-19/h2-8,15H,9-14,16H2,1H3,(H,24,27). The lowest BCUT2D eigenvalue weighted by atomic mass is 10.2. The molecule has 3 rings (SSSR count). The maximum Gasteiger partial charge on any atom is 0.238 e. The normalized spacial score (nSPS) is 14.5. The van der Waals surface area contributed by atoms with Crippen molar-refractivity contribution < 1.29 is 18.7 Å². The number of halogens is 1. The molecule has 0 saturated carbocycles. The number of hydrogen-bond donors (Lipinski definition) is 1. The molecule has 7 heteroatoms. The van der Waals surface area contributed by atoms with Gasteiger partial charge in [-0.1, -0.05) is 23.8 Å². The molecule has 1 fully saturated rings. The highest BCUT2D eigenvalue weighted by molar-refractivity contribution is 5.92. The van der Waals surface area contributed by atoms with Crippen molar-refractivity contribution >= 4 is 17.5 Å². The van der Waals surface area contributed by atoms with E-state index < -0.39 is 0 Å². The van der Waals surface area contributed by atoms with E-state index in [-0.39, 0.29) is 24.2 Å². The van der Waals surface area contributed by atoms with Gasteiger partial charge in [0.25, 0.3) is 0 Å². The number of rotatable bonds is 7. The Morgan fingerprint density at radius 3 is 2.48 bits per heavy atom. The molecule has 0 aliphatic carbocycles. The average molecular weight is 399 g/mol. The van der Waals surface area contributed by atoms with E-state index in [1.54, 1.807) is 17.0 Å². The first kappa shape index (κ1) is 20.8. The third-order valence-corrected chi connectivity index (χ3v) is 4.81. The van der Waals surface area contributed by atoms with Crippen molar-refractivity contribution in [3.8, 4) is 5.75 Å². The van der Waals surface area contributed by atoms with Crippen molar-refractivity contribution in [2.75, 3.05) is 44.6 Å². The van der Waals surface area contributed by atoms with E-state index >= 15 is 0 Å². The van der Waals surface area contributed by atoms with Crippen LogP contribution in [-0.2, 0) is 9.59 Å². The summed E-state index contributed by atoms with van der Waals surface area (Å²) < 4.78 is 18.8. The van der Waals surface area contributed by atoms with Gasteiger partial charge in [0.15, 0.2) is 0 Å². The number of hydrogen-bond acceptors (Lipinski definition) is 4. The van der Waals surface area contributed by atoms with Crippen LogP contribution in [0.5, 0.6) is 5.75 Å². The van der Waals surface area contributed by atoms with Crippen LogP contribution in [-0.4, -0.2) is 60.9 Å². The zero-order valence-electron chi connectivity index (χ0n) is 16.6. The highest BCUT2D eigenvalue weighted by atomic mass is 19.1. The summed E-state index contributed by atoms with van der Waals surface area (Å²) >= 11 is 0. The monoisotopic (exact) mass is 399 g/mol. The molecule has 1 aliphatic rings. The van der Waals surface area contributed by atoms with Crippen LogP contribution in [0.25, 0.3) is 0 Å². The zero-order chi connectivity index (χ0) is 20.6. The molecular formula is C22H26FN3O3. The summed E-state index contributed by atoms with van der Waals surface area (Å²) in [6, 6.07) is 13.6. The molecule has 29 heavy (non-hydrogen) atoms. The Labute approximate surface area is 170 Å². The fraction of sp³-hybridized carbons (Fsp3) is 0.364. The fourth-order valence-electron chi connectivity index (χ4n) is 3.17. The Hall–Kier alpha value is -2.93. The predicted octanol–water partition coefficient (Wildman–Crippen LogP) is 2.69. The van der Waals surface area contributed by atoms with Crippen molar-refractivity contribution in [1.29, 1.82) is 0 Å². The van der Waals surface area contributed by atoms with Crippen molar-refractivity contribution in [3.63, 3.8) is 0 Å². The summed E-state index contributed by atoms with van der Waals surface area (Å²) in [4.78, 5) is 28.3. The quantitative estimate of drug-likeness (QED) is 0.778. The summed E-state index contributed by atoms with van der Waals surface area (Å²) in [6.07, 6.45) is 0.327. The number of piperazine rings is 1. The van der Waals surface area contributed by atoms with Gasteiger partial charge in [0.2, 0.25) is 11.8 Å². The van der Waals surface area contributed by atoms with E-state index in [1.165, 1.54) is 12.1 Å². The van der Waals surface area contributed by atoms with Gasteiger partial charge in [0.1, 0.15) is 11.6 Å². The number of carbonyl (C=O) groups excluding carboxylic acids is 2. The number of ether oxygens (including phenoxy) is 1. The average Bonchev–Trinajstić information content (AvgIpc) is 2.70. The van der Waals surface area contributed by atoms with E-state index in [1.807, 2.05) is 36.1 Å². The van der Waals surface area contributed by atoms with Crippen molar-refractivity contribution in [2.45, 2.75) is 13.3 Å². The fourth-order valence-corrected chi connectivity index (χ4v) is 3.17. The van der Waals surface area contributed by atoms with E-state index in [4.69, 9.17) is 4.74 Å². The zero-order valence-corrected chi connectivity index (χ0v) is 16.6. The Kier molecular flexibility index (Phi) is 7.19. The minimum atomic E-state index is -0.388. The lowest BCUT2D eigenvalue weighted by Crippen LogP contribution is -2.50. The molecule has 2 amide bonds. The molecule has 0 atom stereocenters. The molecule has 154 valence electrons. The topological polar surface area (TPSA) is 61.9 Å². The number of carbonyl (C=O) groups is 2. The summed E-state index contributed by atoms with van der Waals surface area (Å²) in [5.74, 6) is 0.238. The third kappa shape index (κ3) is 6.57. The molecule has 2 aromatic rings. The summed E-state index contributed by atoms with van der Waals surface area (Å²) in [5.41, 5.74) is 1.60. The first-order valence-corrected chi connectivity index (χ1v) is 9.74. The van der Waals surface area contributed by atoms with Gasteiger partial charge in [-0.15, -0.1) is 0 Å². The highest BCUT2D eigenvalue weighted by Gasteiger charge is 2.22. The van der Waals surface area contributed by atoms with Crippen LogP contribution < -0.4 is 10.1 Å². The van der Waals surface area contributed by atoms with Gasteiger partial charge >= 0.3 is 0 Å². The molecule has 0 unspecified atom stereocenters. The number of benzene rings is 2. The second kappa shape index (κ2) is 10.0. The van der Waals surface area contributed by atoms with Crippen LogP contribution in [0.3, 0.4) is 0 Å². The van der Waals surface area contributed by atoms with Crippen LogP contribution in [0.1, 0.15) is 12.0 Å². The molecule has 0 radical (unpaired) electrons. The molecular weight excluding hydrogens is 373 g/mol. The second-order valence-electron chi connectivity index (χ2n) is 7.13. The summed E-state index contributed by atoms with van der Waals surface area (Å²) in [7, 11) is 0. The van der Waals surface area contributed by atoms with Gasteiger partial charge < -0.3 is 15.0 Å². The van der Waals surface area contributed by atoms with Gasteiger partial charge in [0.05, 0.1) is 19.6 Å². The van der Waals surface area contributed by atoms with Crippen molar-refractivity contribution in [1.82, 2.24) is 9.80 Å². The van der Waals surface area contributed by atoms with E-state index in [9.17, 15) is 14.0 Å². The first-order valence-electron chi connectivity index (χ1n) is 9.74. The minimum absolute atomic E-state index is 0.0565. The molecule has 6 nitrogen and oxygen atoms in total. The Bertz CT molecular complexity index is 833. The van der Waals surface area contributed by atoms with Crippen LogP contribution in [0.4, 0.5) is 10.1 Å². The lowest BCUT2D eigenvalue weighted by molar-refractivity contribution is -0.133. The second-order valence-corrected chi connectivity index (χ2v) is 7.13. The maximum absolute atomic E-state index is 13.2. The number of anilines is 1. The summed E-state index contributed by atoms with van der Waals surface area (Å²) in [5, 5.41) is 2.69. The van der Waals surface area contributed by atoms with Crippen LogP contribution in [0, 0.1) is 12.7 Å².